The van der Waals surface area contributed by atoms with Gasteiger partial charge in [-0.25, -0.2) is 0 Å². The van der Waals surface area contributed by atoms with Gasteiger partial charge in [0.1, 0.15) is 0 Å². The molecule has 1 aromatic rings. The summed E-state index contributed by atoms with van der Waals surface area (Å²) in [6.45, 7) is 3.12. The predicted octanol–water partition coefficient (Wildman–Crippen LogP) is 3.73. The van der Waals surface area contributed by atoms with Crippen LogP contribution in [0.4, 0.5) is 5.69 Å². The van der Waals surface area contributed by atoms with Gasteiger partial charge in [-0.1, -0.05) is 26.2 Å². The number of hydrogen-bond donors (Lipinski definition) is 2. The Morgan fingerprint density at radius 1 is 1.00 bits per heavy atom. The molecule has 0 radical (unpaired) electrons. The molecule has 2 fully saturated rings. The molecular weight excluding hydrogens is 366 g/mol. The highest BCUT2D eigenvalue weighted by molar-refractivity contribution is 5.96. The molecule has 2 aliphatic rings. The van der Waals surface area contributed by atoms with E-state index >= 15 is 0 Å². The van der Waals surface area contributed by atoms with Gasteiger partial charge in [-0.2, -0.15) is 0 Å². The van der Waals surface area contributed by atoms with Gasteiger partial charge >= 0.3 is 0 Å². The summed E-state index contributed by atoms with van der Waals surface area (Å²) in [6, 6.07) is 7.32. The van der Waals surface area contributed by atoms with Crippen molar-refractivity contribution in [3.05, 3.63) is 29.8 Å². The van der Waals surface area contributed by atoms with Crippen LogP contribution in [0.15, 0.2) is 24.3 Å². The van der Waals surface area contributed by atoms with Crippen LogP contribution in [-0.4, -0.2) is 41.8 Å². The van der Waals surface area contributed by atoms with Crippen molar-refractivity contribution in [2.45, 2.75) is 70.8 Å². The average molecular weight is 400 g/mol. The van der Waals surface area contributed by atoms with E-state index in [-0.39, 0.29) is 23.6 Å². The highest BCUT2D eigenvalue weighted by atomic mass is 16.2. The Morgan fingerprint density at radius 3 is 2.41 bits per heavy atom. The summed E-state index contributed by atoms with van der Waals surface area (Å²) in [5, 5.41) is 6.04. The van der Waals surface area contributed by atoms with Crippen LogP contribution in [0.5, 0.6) is 0 Å². The largest absolute Gasteiger partial charge is 0.353 e. The summed E-state index contributed by atoms with van der Waals surface area (Å²) in [6.07, 6.45) is 8.75. The number of amides is 3. The molecule has 6 nitrogen and oxygen atoms in total. The Balaban J connectivity index is 1.54. The Kier molecular flexibility index (Phi) is 7.67. The maximum absolute atomic E-state index is 12.9. The molecule has 1 unspecified atom stereocenters. The van der Waals surface area contributed by atoms with E-state index in [1.807, 2.05) is 6.92 Å². The van der Waals surface area contributed by atoms with Crippen LogP contribution in [0.3, 0.4) is 0 Å². The van der Waals surface area contributed by atoms with Crippen molar-refractivity contribution in [3.63, 3.8) is 0 Å². The number of nitrogens with zero attached hydrogens (tertiary/aromatic N) is 1. The van der Waals surface area contributed by atoms with E-state index < -0.39 is 0 Å². The monoisotopic (exact) mass is 399 g/mol. The summed E-state index contributed by atoms with van der Waals surface area (Å²) in [5.74, 6) is -0.0911. The quantitative estimate of drug-likeness (QED) is 0.765. The Morgan fingerprint density at radius 2 is 1.72 bits per heavy atom. The first-order valence-electron chi connectivity index (χ1n) is 11.1. The average Bonchev–Trinajstić information content (AvgIpc) is 2.75. The molecule has 1 saturated carbocycles. The summed E-state index contributed by atoms with van der Waals surface area (Å²) in [7, 11) is 0. The van der Waals surface area contributed by atoms with Crippen molar-refractivity contribution in [2.24, 2.45) is 5.92 Å². The lowest BCUT2D eigenvalue weighted by molar-refractivity contribution is -0.127. The minimum Gasteiger partial charge on any atom is -0.353 e. The van der Waals surface area contributed by atoms with Gasteiger partial charge in [0.2, 0.25) is 11.8 Å². The van der Waals surface area contributed by atoms with Crippen molar-refractivity contribution in [2.75, 3.05) is 18.4 Å². The normalized spacial score (nSPS) is 20.2. The van der Waals surface area contributed by atoms with E-state index in [0.717, 1.165) is 32.1 Å². The standard InChI is InChI=1S/C23H33N3O3/c1-2-7-21(27)24-20-13-11-17(12-14-20)23(29)26-15-6-8-18(16-26)22(28)25-19-9-4-3-5-10-19/h11-14,18-19H,2-10,15-16H2,1H3,(H,24,27)(H,25,28). The molecule has 1 atom stereocenters. The fourth-order valence-electron chi connectivity index (χ4n) is 4.27. The van der Waals surface area contributed by atoms with Gasteiger partial charge < -0.3 is 15.5 Å². The van der Waals surface area contributed by atoms with Crippen molar-refractivity contribution >= 4 is 23.4 Å². The van der Waals surface area contributed by atoms with Gasteiger partial charge in [0.05, 0.1) is 5.92 Å². The molecule has 1 aromatic carbocycles. The zero-order valence-electron chi connectivity index (χ0n) is 17.4. The van der Waals surface area contributed by atoms with Crippen LogP contribution in [0, 0.1) is 5.92 Å². The second kappa shape index (κ2) is 10.4. The first-order valence-corrected chi connectivity index (χ1v) is 11.1. The predicted molar refractivity (Wildman–Crippen MR) is 114 cm³/mol. The number of likely N-dealkylation sites (tertiary alicyclic amines) is 1. The molecule has 0 spiro atoms. The molecule has 6 heteroatoms. The highest BCUT2D eigenvalue weighted by Crippen LogP contribution is 2.22. The van der Waals surface area contributed by atoms with Gasteiger partial charge in [0.25, 0.3) is 5.91 Å². The minimum absolute atomic E-state index is 0.0190. The van der Waals surface area contributed by atoms with Gasteiger partial charge in [0, 0.05) is 36.8 Å². The highest BCUT2D eigenvalue weighted by Gasteiger charge is 2.30. The number of piperidine rings is 1. The van der Waals surface area contributed by atoms with Crippen LogP contribution in [0.25, 0.3) is 0 Å². The van der Waals surface area contributed by atoms with Crippen molar-refractivity contribution in [1.29, 1.82) is 0 Å². The Bertz CT molecular complexity index is 711. The van der Waals surface area contributed by atoms with Gasteiger partial charge in [-0.15, -0.1) is 0 Å². The van der Waals surface area contributed by atoms with Crippen molar-refractivity contribution < 1.29 is 14.4 Å². The number of hydrogen-bond acceptors (Lipinski definition) is 3. The first kappa shape index (κ1) is 21.3. The van der Waals surface area contributed by atoms with E-state index in [1.54, 1.807) is 29.2 Å². The lowest BCUT2D eigenvalue weighted by Gasteiger charge is -2.33. The van der Waals surface area contributed by atoms with Crippen LogP contribution >= 0.6 is 0 Å². The van der Waals surface area contributed by atoms with Crippen molar-refractivity contribution in [1.82, 2.24) is 10.2 Å². The fraction of sp³-hybridized carbons (Fsp3) is 0.609. The summed E-state index contributed by atoms with van der Waals surface area (Å²) in [4.78, 5) is 39.1. The van der Waals surface area contributed by atoms with Crippen LogP contribution in [-0.2, 0) is 9.59 Å². The summed E-state index contributed by atoms with van der Waals surface area (Å²) < 4.78 is 0. The molecule has 3 amide bonds. The number of carbonyl (C=O) groups is 3. The molecule has 2 N–H and O–H groups in total. The van der Waals surface area contributed by atoms with E-state index in [9.17, 15) is 14.4 Å². The number of anilines is 1. The van der Waals surface area contributed by atoms with Crippen LogP contribution in [0.2, 0.25) is 0 Å². The summed E-state index contributed by atoms with van der Waals surface area (Å²) in [5.41, 5.74) is 1.29. The SMILES string of the molecule is CCCC(=O)Nc1ccc(C(=O)N2CCCC(C(=O)NC3CCCCC3)C2)cc1. The van der Waals surface area contributed by atoms with E-state index in [0.29, 0.717) is 36.8 Å². The lowest BCUT2D eigenvalue weighted by Crippen LogP contribution is -2.47. The van der Waals surface area contributed by atoms with Gasteiger partial charge in [-0.05, 0) is 56.4 Å². The fourth-order valence-corrected chi connectivity index (χ4v) is 4.27. The number of carbonyl (C=O) groups excluding carboxylic acids is 3. The molecule has 1 saturated heterocycles. The van der Waals surface area contributed by atoms with E-state index in [4.69, 9.17) is 0 Å². The topological polar surface area (TPSA) is 78.5 Å². The maximum Gasteiger partial charge on any atom is 0.253 e. The van der Waals surface area contributed by atoms with Crippen LogP contribution < -0.4 is 10.6 Å². The molecule has 29 heavy (non-hydrogen) atoms. The minimum atomic E-state index is -0.123. The Hall–Kier alpha value is -2.37. The van der Waals surface area contributed by atoms with Gasteiger partial charge in [0.15, 0.2) is 0 Å². The second-order valence-corrected chi connectivity index (χ2v) is 8.31. The third kappa shape index (κ3) is 6.05. The smallest absolute Gasteiger partial charge is 0.253 e. The molecule has 1 aliphatic heterocycles. The lowest BCUT2D eigenvalue weighted by atomic mass is 9.92. The molecule has 3 rings (SSSR count). The first-order chi connectivity index (χ1) is 14.1. The number of rotatable bonds is 6. The number of nitrogens with one attached hydrogen (secondary N) is 2. The number of benzene rings is 1. The zero-order chi connectivity index (χ0) is 20.6. The van der Waals surface area contributed by atoms with Crippen molar-refractivity contribution in [3.8, 4) is 0 Å². The third-order valence-electron chi connectivity index (χ3n) is 5.92. The third-order valence-corrected chi connectivity index (χ3v) is 5.92. The molecule has 1 aliphatic carbocycles. The molecular formula is C23H33N3O3. The maximum atomic E-state index is 12.9. The van der Waals surface area contributed by atoms with E-state index in [1.165, 1.54) is 19.3 Å². The van der Waals surface area contributed by atoms with Gasteiger partial charge in [-0.3, -0.25) is 14.4 Å². The zero-order valence-corrected chi connectivity index (χ0v) is 17.4. The van der Waals surface area contributed by atoms with Crippen LogP contribution in [0.1, 0.15) is 75.1 Å². The molecule has 0 aromatic heterocycles. The Labute approximate surface area is 173 Å². The van der Waals surface area contributed by atoms with E-state index in [2.05, 4.69) is 10.6 Å². The molecule has 1 heterocycles. The molecule has 158 valence electrons. The molecule has 0 bridgehead atoms. The second-order valence-electron chi connectivity index (χ2n) is 8.31. The summed E-state index contributed by atoms with van der Waals surface area (Å²) >= 11 is 0.